The number of aliphatic hydroxyl groups excluding tert-OH is 1. The number of aliphatic hydroxyl groups is 1. The molecule has 2 atom stereocenters. The molecule has 0 saturated carbocycles. The Morgan fingerprint density at radius 1 is 1.44 bits per heavy atom. The molecule has 0 aromatic heterocycles. The van der Waals surface area contributed by atoms with E-state index in [1.54, 1.807) is 13.0 Å². The minimum atomic E-state index is -0.498. The Kier molecular flexibility index (Phi) is 3.88. The van der Waals surface area contributed by atoms with Gasteiger partial charge in [0.05, 0.1) is 17.7 Å². The molecule has 1 aliphatic rings. The van der Waals surface area contributed by atoms with E-state index in [1.165, 1.54) is 19.3 Å². The van der Waals surface area contributed by atoms with E-state index in [2.05, 4.69) is 17.9 Å². The average molecular weight is 244 g/mol. The smallest absolute Gasteiger partial charge is 0.0992 e. The Morgan fingerprint density at radius 3 is 2.83 bits per heavy atom. The lowest BCUT2D eigenvalue weighted by molar-refractivity contribution is 0.199. The SMILES string of the molecule is CC1CCCCN1c1cc(C#N)ccc1[C@@H](C)O. The fourth-order valence-electron chi connectivity index (χ4n) is 2.67. The summed E-state index contributed by atoms with van der Waals surface area (Å²) in [4.78, 5) is 2.33. The standard InChI is InChI=1S/C15H20N2O/c1-11-5-3-4-8-17(11)15-9-13(10-16)6-7-14(15)12(2)18/h6-7,9,11-12,18H,3-5,8H2,1-2H3/t11?,12-/m1/s1. The van der Waals surface area contributed by atoms with Gasteiger partial charge in [-0.15, -0.1) is 0 Å². The highest BCUT2D eigenvalue weighted by molar-refractivity contribution is 5.59. The van der Waals surface area contributed by atoms with Crippen LogP contribution in [0.5, 0.6) is 0 Å². The van der Waals surface area contributed by atoms with E-state index >= 15 is 0 Å². The molecule has 0 spiro atoms. The van der Waals surface area contributed by atoms with Gasteiger partial charge >= 0.3 is 0 Å². The van der Waals surface area contributed by atoms with E-state index in [-0.39, 0.29) is 0 Å². The molecule has 18 heavy (non-hydrogen) atoms. The fourth-order valence-corrected chi connectivity index (χ4v) is 2.67. The van der Waals surface area contributed by atoms with Gasteiger partial charge in [0.1, 0.15) is 0 Å². The Bertz CT molecular complexity index is 462. The van der Waals surface area contributed by atoms with Crippen molar-refractivity contribution in [2.24, 2.45) is 0 Å². The minimum Gasteiger partial charge on any atom is -0.389 e. The second-order valence-corrected chi connectivity index (χ2v) is 5.10. The summed E-state index contributed by atoms with van der Waals surface area (Å²) in [6, 6.07) is 8.22. The molecule has 1 saturated heterocycles. The maximum absolute atomic E-state index is 9.88. The molecule has 1 N–H and O–H groups in total. The van der Waals surface area contributed by atoms with Crippen molar-refractivity contribution in [1.82, 2.24) is 0 Å². The highest BCUT2D eigenvalue weighted by atomic mass is 16.3. The summed E-state index contributed by atoms with van der Waals surface area (Å²) >= 11 is 0. The number of anilines is 1. The molecule has 1 unspecified atom stereocenters. The van der Waals surface area contributed by atoms with E-state index in [0.717, 1.165) is 17.8 Å². The summed E-state index contributed by atoms with van der Waals surface area (Å²) in [7, 11) is 0. The third kappa shape index (κ3) is 2.49. The lowest BCUT2D eigenvalue weighted by atomic mass is 9.98. The summed E-state index contributed by atoms with van der Waals surface area (Å²) in [5, 5.41) is 18.9. The predicted molar refractivity (Wildman–Crippen MR) is 72.4 cm³/mol. The molecule has 1 aliphatic heterocycles. The van der Waals surface area contributed by atoms with E-state index in [0.29, 0.717) is 11.6 Å². The lowest BCUT2D eigenvalue weighted by Crippen LogP contribution is -2.38. The first kappa shape index (κ1) is 12.9. The van der Waals surface area contributed by atoms with Gasteiger partial charge in [0.15, 0.2) is 0 Å². The largest absolute Gasteiger partial charge is 0.389 e. The fraction of sp³-hybridized carbons (Fsp3) is 0.533. The summed E-state index contributed by atoms with van der Waals surface area (Å²) in [6.45, 7) is 5.00. The number of piperidine rings is 1. The molecule has 1 aromatic carbocycles. The summed E-state index contributed by atoms with van der Waals surface area (Å²) < 4.78 is 0. The third-order valence-corrected chi connectivity index (χ3v) is 3.72. The summed E-state index contributed by atoms with van der Waals surface area (Å²) in [6.07, 6.45) is 3.12. The molecular weight excluding hydrogens is 224 g/mol. The van der Waals surface area contributed by atoms with Crippen molar-refractivity contribution >= 4 is 5.69 Å². The molecule has 0 aliphatic carbocycles. The zero-order chi connectivity index (χ0) is 13.1. The molecule has 1 fully saturated rings. The highest BCUT2D eigenvalue weighted by Crippen LogP contribution is 2.32. The molecule has 3 heteroatoms. The Labute approximate surface area is 109 Å². The number of hydrogen-bond donors (Lipinski definition) is 1. The molecule has 0 radical (unpaired) electrons. The lowest BCUT2D eigenvalue weighted by Gasteiger charge is -2.37. The first-order valence-electron chi connectivity index (χ1n) is 6.62. The zero-order valence-corrected chi connectivity index (χ0v) is 11.1. The number of benzene rings is 1. The first-order valence-corrected chi connectivity index (χ1v) is 6.62. The van der Waals surface area contributed by atoms with E-state index in [1.807, 2.05) is 12.1 Å². The van der Waals surface area contributed by atoms with E-state index < -0.39 is 6.10 Å². The van der Waals surface area contributed by atoms with Crippen LogP contribution < -0.4 is 4.90 Å². The number of rotatable bonds is 2. The maximum Gasteiger partial charge on any atom is 0.0992 e. The Morgan fingerprint density at radius 2 is 2.22 bits per heavy atom. The molecule has 1 heterocycles. The van der Waals surface area contributed by atoms with Crippen LogP contribution in [0, 0.1) is 11.3 Å². The topological polar surface area (TPSA) is 47.3 Å². The number of hydrogen-bond acceptors (Lipinski definition) is 3. The van der Waals surface area contributed by atoms with Gasteiger partial charge in [-0.05, 0) is 45.2 Å². The van der Waals surface area contributed by atoms with Crippen molar-refractivity contribution in [3.05, 3.63) is 29.3 Å². The van der Waals surface area contributed by atoms with Gasteiger partial charge < -0.3 is 10.0 Å². The van der Waals surface area contributed by atoms with Crippen LogP contribution in [0.1, 0.15) is 50.3 Å². The quantitative estimate of drug-likeness (QED) is 0.870. The van der Waals surface area contributed by atoms with Gasteiger partial charge in [-0.2, -0.15) is 5.26 Å². The zero-order valence-electron chi connectivity index (χ0n) is 11.1. The van der Waals surface area contributed by atoms with Crippen LogP contribution in [-0.4, -0.2) is 17.7 Å². The van der Waals surface area contributed by atoms with Crippen LogP contribution in [0.15, 0.2) is 18.2 Å². The second kappa shape index (κ2) is 5.41. The predicted octanol–water partition coefficient (Wildman–Crippen LogP) is 2.99. The van der Waals surface area contributed by atoms with Crippen molar-refractivity contribution in [3.63, 3.8) is 0 Å². The van der Waals surface area contributed by atoms with Crippen LogP contribution in [-0.2, 0) is 0 Å². The molecule has 2 rings (SSSR count). The summed E-state index contributed by atoms with van der Waals surface area (Å²) in [5.41, 5.74) is 2.60. The van der Waals surface area contributed by atoms with Crippen molar-refractivity contribution in [2.75, 3.05) is 11.4 Å². The third-order valence-electron chi connectivity index (χ3n) is 3.72. The summed E-state index contributed by atoms with van der Waals surface area (Å²) in [5.74, 6) is 0. The molecule has 1 aromatic rings. The van der Waals surface area contributed by atoms with Gasteiger partial charge in [0, 0.05) is 23.8 Å². The maximum atomic E-state index is 9.88. The van der Waals surface area contributed by atoms with E-state index in [9.17, 15) is 5.11 Å². The average Bonchev–Trinajstić information content (AvgIpc) is 2.38. The van der Waals surface area contributed by atoms with Crippen LogP contribution in [0.4, 0.5) is 5.69 Å². The number of nitriles is 1. The van der Waals surface area contributed by atoms with Gasteiger partial charge in [0.25, 0.3) is 0 Å². The van der Waals surface area contributed by atoms with Crippen molar-refractivity contribution in [1.29, 1.82) is 5.26 Å². The molecule has 0 amide bonds. The monoisotopic (exact) mass is 244 g/mol. The first-order chi connectivity index (χ1) is 8.63. The minimum absolute atomic E-state index is 0.477. The van der Waals surface area contributed by atoms with Gasteiger partial charge in [0.2, 0.25) is 0 Å². The van der Waals surface area contributed by atoms with Crippen LogP contribution in [0.2, 0.25) is 0 Å². The number of nitrogens with zero attached hydrogens (tertiary/aromatic N) is 2. The molecular formula is C15H20N2O. The Balaban J connectivity index is 2.42. The van der Waals surface area contributed by atoms with E-state index in [4.69, 9.17) is 5.26 Å². The van der Waals surface area contributed by atoms with Crippen molar-refractivity contribution in [3.8, 4) is 6.07 Å². The Hall–Kier alpha value is -1.53. The second-order valence-electron chi connectivity index (χ2n) is 5.10. The van der Waals surface area contributed by atoms with Gasteiger partial charge in [-0.3, -0.25) is 0 Å². The van der Waals surface area contributed by atoms with Crippen LogP contribution >= 0.6 is 0 Å². The van der Waals surface area contributed by atoms with Gasteiger partial charge in [-0.25, -0.2) is 0 Å². The van der Waals surface area contributed by atoms with Gasteiger partial charge in [-0.1, -0.05) is 6.07 Å². The van der Waals surface area contributed by atoms with Crippen molar-refractivity contribution in [2.45, 2.75) is 45.3 Å². The van der Waals surface area contributed by atoms with Crippen LogP contribution in [0.25, 0.3) is 0 Å². The molecule has 3 nitrogen and oxygen atoms in total. The highest BCUT2D eigenvalue weighted by Gasteiger charge is 2.22. The van der Waals surface area contributed by atoms with Crippen LogP contribution in [0.3, 0.4) is 0 Å². The normalized spacial score (nSPS) is 21.4. The molecule has 96 valence electrons. The molecule has 0 bridgehead atoms. The van der Waals surface area contributed by atoms with Crippen molar-refractivity contribution < 1.29 is 5.11 Å².